The lowest BCUT2D eigenvalue weighted by molar-refractivity contribution is 0.104. The molecule has 0 saturated carbocycles. The summed E-state index contributed by atoms with van der Waals surface area (Å²) in [4.78, 5) is 12.9. The average molecular weight is 323 g/mol. The molecule has 0 radical (unpaired) electrons. The van der Waals surface area contributed by atoms with Gasteiger partial charge in [0.15, 0.2) is 0 Å². The Morgan fingerprint density at radius 1 is 1.10 bits per heavy atom. The van der Waals surface area contributed by atoms with Crippen molar-refractivity contribution in [2.75, 3.05) is 0 Å². The maximum absolute atomic E-state index is 13.2. The van der Waals surface area contributed by atoms with Crippen molar-refractivity contribution >= 4 is 38.8 Å². The van der Waals surface area contributed by atoms with Crippen LogP contribution in [0, 0.1) is 18.6 Å². The van der Waals surface area contributed by atoms with Crippen LogP contribution in [-0.2, 0) is 0 Å². The highest BCUT2D eigenvalue weighted by Gasteiger charge is 2.20. The molecule has 0 aliphatic carbocycles. The predicted octanol–water partition coefficient (Wildman–Crippen LogP) is 5.37. The monoisotopic (exact) mass is 322 g/mol. The lowest BCUT2D eigenvalue weighted by Gasteiger charge is -2.03. The van der Waals surface area contributed by atoms with E-state index in [0.717, 1.165) is 11.3 Å². The Hall–Kier alpha value is -1.78. The van der Waals surface area contributed by atoms with Gasteiger partial charge < -0.3 is 0 Å². The molecule has 106 valence electrons. The molecule has 2 aromatic carbocycles. The molecular weight excluding hydrogens is 314 g/mol. The lowest BCUT2D eigenvalue weighted by Crippen LogP contribution is -2.02. The van der Waals surface area contributed by atoms with Gasteiger partial charge in [-0.2, -0.15) is 0 Å². The van der Waals surface area contributed by atoms with Crippen LogP contribution in [0.2, 0.25) is 5.02 Å². The van der Waals surface area contributed by atoms with E-state index in [1.54, 1.807) is 13.0 Å². The predicted molar refractivity (Wildman–Crippen MR) is 81.4 cm³/mol. The van der Waals surface area contributed by atoms with E-state index in [4.69, 9.17) is 11.6 Å². The molecule has 0 N–H and O–H groups in total. The third-order valence-electron chi connectivity index (χ3n) is 3.23. The second-order valence-electron chi connectivity index (χ2n) is 4.67. The third kappa shape index (κ3) is 2.45. The molecule has 0 fully saturated rings. The summed E-state index contributed by atoms with van der Waals surface area (Å²) in [6, 6.07) is 8.18. The number of fused-ring (bicyclic) bond motifs is 1. The molecule has 3 rings (SSSR count). The highest BCUT2D eigenvalue weighted by molar-refractivity contribution is 7.21. The Balaban J connectivity index is 2.15. The first-order valence-corrected chi connectivity index (χ1v) is 7.35. The van der Waals surface area contributed by atoms with Crippen molar-refractivity contribution in [3.63, 3.8) is 0 Å². The molecule has 1 nitrogen and oxygen atoms in total. The van der Waals surface area contributed by atoms with Crippen LogP contribution in [-0.4, -0.2) is 5.78 Å². The summed E-state index contributed by atoms with van der Waals surface area (Å²) in [5.74, 6) is -1.05. The Kier molecular flexibility index (Phi) is 3.51. The highest BCUT2D eigenvalue weighted by Crippen LogP contribution is 2.37. The molecule has 0 aliphatic heterocycles. The number of rotatable bonds is 2. The van der Waals surface area contributed by atoms with Crippen LogP contribution in [0.4, 0.5) is 8.78 Å². The van der Waals surface area contributed by atoms with Crippen molar-refractivity contribution in [1.29, 1.82) is 0 Å². The van der Waals surface area contributed by atoms with Gasteiger partial charge in [0.25, 0.3) is 0 Å². The van der Waals surface area contributed by atoms with E-state index in [2.05, 4.69) is 0 Å². The minimum absolute atomic E-state index is 0.279. The smallest absolute Gasteiger partial charge is 0.204 e. The van der Waals surface area contributed by atoms with Gasteiger partial charge in [-0.05, 0) is 48.9 Å². The van der Waals surface area contributed by atoms with Gasteiger partial charge >= 0.3 is 0 Å². The van der Waals surface area contributed by atoms with Gasteiger partial charge in [0.2, 0.25) is 5.78 Å². The number of thiophene rings is 1. The van der Waals surface area contributed by atoms with E-state index in [-0.39, 0.29) is 11.6 Å². The molecule has 0 atom stereocenters. The maximum atomic E-state index is 13.2. The molecular formula is C16H9ClF2OS. The fourth-order valence-corrected chi connectivity index (χ4v) is 3.69. The summed E-state index contributed by atoms with van der Waals surface area (Å²) >= 11 is 7.37. The number of hydrogen-bond donors (Lipinski definition) is 0. The summed E-state index contributed by atoms with van der Waals surface area (Å²) in [6.07, 6.45) is 0. The molecule has 0 unspecified atom stereocenters. The number of carbonyl (C=O) groups excluding carboxylic acids is 1. The van der Waals surface area contributed by atoms with E-state index in [1.807, 2.05) is 0 Å². The Morgan fingerprint density at radius 3 is 2.48 bits per heavy atom. The van der Waals surface area contributed by atoms with Crippen LogP contribution in [0.15, 0.2) is 36.4 Å². The zero-order valence-corrected chi connectivity index (χ0v) is 12.5. The summed E-state index contributed by atoms with van der Waals surface area (Å²) in [6.45, 7) is 1.66. The molecule has 1 aromatic heterocycles. The minimum atomic E-state index is -0.395. The second kappa shape index (κ2) is 5.20. The van der Waals surface area contributed by atoms with Crippen LogP contribution in [0.25, 0.3) is 10.1 Å². The largest absolute Gasteiger partial charge is 0.288 e. The first kappa shape index (κ1) is 14.2. The Labute approximate surface area is 128 Å². The van der Waals surface area contributed by atoms with Crippen molar-refractivity contribution in [3.05, 3.63) is 69.1 Å². The quantitative estimate of drug-likeness (QED) is 0.579. The Bertz CT molecular complexity index is 870. The van der Waals surface area contributed by atoms with Gasteiger partial charge in [-0.3, -0.25) is 4.79 Å². The van der Waals surface area contributed by atoms with E-state index < -0.39 is 5.82 Å². The average Bonchev–Trinajstić information content (AvgIpc) is 2.75. The van der Waals surface area contributed by atoms with Gasteiger partial charge in [-0.25, -0.2) is 8.78 Å². The number of ketones is 1. The summed E-state index contributed by atoms with van der Waals surface area (Å²) in [5.41, 5.74) is 0.935. The zero-order valence-electron chi connectivity index (χ0n) is 10.9. The zero-order chi connectivity index (χ0) is 15.1. The normalized spacial score (nSPS) is 11.0. The number of carbonyl (C=O) groups is 1. The van der Waals surface area contributed by atoms with Gasteiger partial charge in [-0.1, -0.05) is 11.6 Å². The molecule has 1 heterocycles. The fraction of sp³-hybridized carbons (Fsp3) is 0.0625. The van der Waals surface area contributed by atoms with E-state index in [0.29, 0.717) is 31.1 Å². The summed E-state index contributed by atoms with van der Waals surface area (Å²) in [7, 11) is 0. The number of hydrogen-bond acceptors (Lipinski definition) is 2. The molecule has 0 amide bonds. The highest BCUT2D eigenvalue weighted by atomic mass is 35.5. The van der Waals surface area contributed by atoms with Gasteiger partial charge in [-0.15, -0.1) is 11.3 Å². The minimum Gasteiger partial charge on any atom is -0.288 e. The standard InChI is InChI=1S/C16H9ClF2OS/c1-8-6-9(18)2-4-11(8)15(20)16-14(17)12-5-3-10(19)7-13(12)21-16/h2-7H,1H3. The first-order valence-electron chi connectivity index (χ1n) is 6.16. The maximum Gasteiger partial charge on any atom is 0.204 e. The summed E-state index contributed by atoms with van der Waals surface area (Å²) in [5, 5.41) is 0.954. The van der Waals surface area contributed by atoms with Gasteiger partial charge in [0.1, 0.15) is 11.6 Å². The summed E-state index contributed by atoms with van der Waals surface area (Å²) < 4.78 is 27.0. The molecule has 21 heavy (non-hydrogen) atoms. The van der Waals surface area contributed by atoms with Crippen molar-refractivity contribution < 1.29 is 13.6 Å². The van der Waals surface area contributed by atoms with E-state index >= 15 is 0 Å². The number of aryl methyl sites for hydroxylation is 1. The molecule has 3 aromatic rings. The fourth-order valence-electron chi connectivity index (χ4n) is 2.19. The van der Waals surface area contributed by atoms with Crippen molar-refractivity contribution in [1.82, 2.24) is 0 Å². The van der Waals surface area contributed by atoms with Crippen LogP contribution >= 0.6 is 22.9 Å². The molecule has 5 heteroatoms. The second-order valence-corrected chi connectivity index (χ2v) is 6.10. The van der Waals surface area contributed by atoms with Crippen LogP contribution < -0.4 is 0 Å². The molecule has 0 spiro atoms. The van der Waals surface area contributed by atoms with E-state index in [1.165, 1.54) is 30.3 Å². The number of benzene rings is 2. The Morgan fingerprint density at radius 2 is 1.76 bits per heavy atom. The molecule has 0 saturated heterocycles. The third-order valence-corrected chi connectivity index (χ3v) is 4.89. The van der Waals surface area contributed by atoms with Crippen LogP contribution in [0.3, 0.4) is 0 Å². The van der Waals surface area contributed by atoms with Crippen LogP contribution in [0.1, 0.15) is 20.8 Å². The van der Waals surface area contributed by atoms with Crippen molar-refractivity contribution in [2.24, 2.45) is 0 Å². The van der Waals surface area contributed by atoms with Crippen molar-refractivity contribution in [2.45, 2.75) is 6.92 Å². The molecule has 0 bridgehead atoms. The van der Waals surface area contributed by atoms with Crippen LogP contribution in [0.5, 0.6) is 0 Å². The van der Waals surface area contributed by atoms with Gasteiger partial charge in [0, 0.05) is 15.6 Å². The van der Waals surface area contributed by atoms with Crippen molar-refractivity contribution in [3.8, 4) is 0 Å². The lowest BCUT2D eigenvalue weighted by atomic mass is 10.0. The van der Waals surface area contributed by atoms with Gasteiger partial charge in [0.05, 0.1) is 9.90 Å². The number of halogens is 3. The topological polar surface area (TPSA) is 17.1 Å². The van der Waals surface area contributed by atoms with E-state index in [9.17, 15) is 13.6 Å². The first-order chi connectivity index (χ1) is 9.97. The SMILES string of the molecule is Cc1cc(F)ccc1C(=O)c1sc2cc(F)ccc2c1Cl. The molecule has 0 aliphatic rings.